The zero-order valence-corrected chi connectivity index (χ0v) is 16.0. The third kappa shape index (κ3) is 2.42. The molecule has 3 nitrogen and oxygen atoms in total. The number of carbonyl (C=O) groups is 1. The van der Waals surface area contributed by atoms with Crippen molar-refractivity contribution in [1.29, 1.82) is 0 Å². The molecule has 0 spiro atoms. The molecule has 0 radical (unpaired) electrons. The van der Waals surface area contributed by atoms with Gasteiger partial charge in [0, 0.05) is 0 Å². The Bertz CT molecular complexity index is 734. The summed E-state index contributed by atoms with van der Waals surface area (Å²) in [7, 11) is 1.69. The number of Topliss-reactive ketones (excluding diaryl/α,β-unsaturated/α-hetero) is 1. The van der Waals surface area contributed by atoms with Crippen LogP contribution < -0.4 is 4.74 Å². The van der Waals surface area contributed by atoms with Crippen LogP contribution in [0.15, 0.2) is 29.3 Å². The van der Waals surface area contributed by atoms with Gasteiger partial charge in [-0.25, -0.2) is 0 Å². The number of allylic oxidation sites excluding steroid dienone is 2. The molecule has 0 aromatic heterocycles. The Kier molecular flexibility index (Phi) is 3.94. The Balaban J connectivity index is 1.77. The van der Waals surface area contributed by atoms with Crippen molar-refractivity contribution in [2.75, 3.05) is 7.11 Å². The fourth-order valence-corrected chi connectivity index (χ4v) is 10.8. The average Bonchev–Trinajstić information content (AvgIpc) is 2.97. The van der Waals surface area contributed by atoms with E-state index < -0.39 is 19.5 Å². The van der Waals surface area contributed by atoms with Gasteiger partial charge in [0.2, 0.25) is 0 Å². The van der Waals surface area contributed by atoms with Gasteiger partial charge in [-0.15, -0.1) is 0 Å². The van der Waals surface area contributed by atoms with Crippen LogP contribution in [0.25, 0.3) is 0 Å². The Morgan fingerprint density at radius 2 is 2.09 bits per heavy atom. The molecule has 1 aliphatic heterocycles. The third-order valence-electron chi connectivity index (χ3n) is 5.86. The molecule has 4 heteroatoms. The summed E-state index contributed by atoms with van der Waals surface area (Å²) in [4.78, 5) is 11.9. The van der Waals surface area contributed by atoms with Crippen LogP contribution in [0.2, 0.25) is 4.47 Å². The Labute approximate surface area is 144 Å². The van der Waals surface area contributed by atoms with Crippen molar-refractivity contribution >= 4 is 25.3 Å². The van der Waals surface area contributed by atoms with Crippen molar-refractivity contribution in [3.63, 3.8) is 0 Å². The topological polar surface area (TPSA) is 43.4 Å². The predicted molar refractivity (Wildman–Crippen MR) is 89.2 cm³/mol. The maximum absolute atomic E-state index is 13.2. The van der Waals surface area contributed by atoms with Crippen LogP contribution in [0, 0.1) is 11.8 Å². The Hall–Kier alpha value is -0.980. The first-order valence-corrected chi connectivity index (χ1v) is 12.3. The molecule has 3 atom stereocenters. The molecule has 0 unspecified atom stereocenters. The fraction of sp³-hybridized carbons (Fsp3) is 0.526. The first-order chi connectivity index (χ1) is 11.1. The van der Waals surface area contributed by atoms with Gasteiger partial charge in [0.1, 0.15) is 0 Å². The Morgan fingerprint density at radius 3 is 2.83 bits per heavy atom. The van der Waals surface area contributed by atoms with Crippen molar-refractivity contribution in [3.05, 3.63) is 40.5 Å². The minimum atomic E-state index is -2.52. The van der Waals surface area contributed by atoms with Gasteiger partial charge >= 0.3 is 144 Å². The van der Waals surface area contributed by atoms with Gasteiger partial charge in [-0.3, -0.25) is 0 Å². The summed E-state index contributed by atoms with van der Waals surface area (Å²) in [6.45, 7) is 1.67. The number of ether oxygens (including phenoxy) is 1. The van der Waals surface area contributed by atoms with E-state index >= 15 is 0 Å². The quantitative estimate of drug-likeness (QED) is 0.680. The molecule has 122 valence electrons. The van der Waals surface area contributed by atoms with Crippen LogP contribution >= 0.6 is 0 Å². The molecule has 1 heterocycles. The monoisotopic (exact) mass is 428 g/mol. The van der Waals surface area contributed by atoms with Gasteiger partial charge in [0.25, 0.3) is 0 Å². The molecular formula is C19H22O3Te. The predicted octanol–water partition coefficient (Wildman–Crippen LogP) is 3.61. The normalized spacial score (nSPS) is 29.7. The summed E-state index contributed by atoms with van der Waals surface area (Å²) < 4.78 is 19.5. The molecule has 0 bridgehead atoms. The zero-order valence-electron chi connectivity index (χ0n) is 13.6. The SMILES string of the molecule is COc1ccc2c(c1)[C@H]1[C@H](CC2)[C@H]2CCC(C(C)=O)=C2C[Te]1=O. The second kappa shape index (κ2) is 5.83. The van der Waals surface area contributed by atoms with Crippen LogP contribution in [-0.4, -0.2) is 32.4 Å². The average molecular weight is 426 g/mol. The standard InChI is InChI=1S/C19H22O3Te/c1-11(20)14-7-8-15-16-6-4-12-3-5-13(22-2)9-17(12)19(16)23(21)10-18(14)15/h3,5,9,15-16,19H,4,6-8,10H2,1-2H3/t15-,16-,19-/m1/s1. The van der Waals surface area contributed by atoms with Crippen molar-refractivity contribution < 1.29 is 12.6 Å². The van der Waals surface area contributed by atoms with Gasteiger partial charge in [-0.2, -0.15) is 0 Å². The van der Waals surface area contributed by atoms with Crippen molar-refractivity contribution in [2.45, 2.75) is 41.0 Å². The van der Waals surface area contributed by atoms with E-state index in [1.807, 2.05) is 6.07 Å². The Morgan fingerprint density at radius 1 is 1.26 bits per heavy atom. The molecule has 23 heavy (non-hydrogen) atoms. The van der Waals surface area contributed by atoms with E-state index in [1.54, 1.807) is 14.0 Å². The van der Waals surface area contributed by atoms with Gasteiger partial charge in [0.05, 0.1) is 0 Å². The fourth-order valence-electron chi connectivity index (χ4n) is 4.82. The molecular weight excluding hydrogens is 404 g/mol. The van der Waals surface area contributed by atoms with E-state index in [0.717, 1.165) is 41.5 Å². The number of fused-ring (bicyclic) bond motifs is 5. The summed E-state index contributed by atoms with van der Waals surface area (Å²) in [5, 5.41) is 0. The van der Waals surface area contributed by atoms with Gasteiger partial charge in [-0.05, 0) is 0 Å². The van der Waals surface area contributed by atoms with Crippen LogP contribution in [0.4, 0.5) is 0 Å². The first-order valence-electron chi connectivity index (χ1n) is 8.37. The van der Waals surface area contributed by atoms with Crippen LogP contribution in [0.5, 0.6) is 5.75 Å². The summed E-state index contributed by atoms with van der Waals surface area (Å²) in [5.41, 5.74) is 4.91. The van der Waals surface area contributed by atoms with Crippen LogP contribution in [0.1, 0.15) is 41.3 Å². The minimum absolute atomic E-state index is 0.199. The second-order valence-corrected chi connectivity index (χ2v) is 11.4. The molecule has 3 aliphatic rings. The van der Waals surface area contributed by atoms with Crippen molar-refractivity contribution in [2.24, 2.45) is 11.8 Å². The molecule has 1 aromatic rings. The number of ketones is 1. The van der Waals surface area contributed by atoms with Crippen molar-refractivity contribution in [3.8, 4) is 5.75 Å². The maximum atomic E-state index is 13.2. The summed E-state index contributed by atoms with van der Waals surface area (Å²) >= 11 is -2.52. The first kappa shape index (κ1) is 15.5. The molecule has 1 fully saturated rings. The molecule has 0 saturated carbocycles. The van der Waals surface area contributed by atoms with Gasteiger partial charge in [-0.1, -0.05) is 0 Å². The van der Waals surface area contributed by atoms with E-state index in [2.05, 4.69) is 12.1 Å². The number of carbonyl (C=O) groups excluding carboxylic acids is 1. The zero-order chi connectivity index (χ0) is 16.1. The van der Waals surface area contributed by atoms with Gasteiger partial charge < -0.3 is 0 Å². The molecule has 0 N–H and O–H groups in total. The number of methoxy groups -OCH3 is 1. The number of hydrogen-bond acceptors (Lipinski definition) is 3. The van der Waals surface area contributed by atoms with E-state index in [-0.39, 0.29) is 9.75 Å². The van der Waals surface area contributed by atoms with E-state index in [4.69, 9.17) is 4.74 Å². The number of aryl methyl sites for hydroxylation is 1. The molecule has 4 rings (SSSR count). The van der Waals surface area contributed by atoms with Crippen LogP contribution in [-0.2, 0) is 14.3 Å². The van der Waals surface area contributed by atoms with E-state index in [9.17, 15) is 7.90 Å². The van der Waals surface area contributed by atoms with E-state index in [0.29, 0.717) is 11.8 Å². The second-order valence-electron chi connectivity index (χ2n) is 6.92. The summed E-state index contributed by atoms with van der Waals surface area (Å²) in [5.74, 6) is 2.03. The van der Waals surface area contributed by atoms with Gasteiger partial charge in [0.15, 0.2) is 0 Å². The van der Waals surface area contributed by atoms with Crippen LogP contribution in [0.3, 0.4) is 0 Å². The van der Waals surface area contributed by atoms with Crippen molar-refractivity contribution in [1.82, 2.24) is 0 Å². The number of benzene rings is 1. The molecule has 1 saturated heterocycles. The number of hydrogen-bond donors (Lipinski definition) is 0. The summed E-state index contributed by atoms with van der Waals surface area (Å²) in [6, 6.07) is 6.28. The van der Waals surface area contributed by atoms with E-state index in [1.165, 1.54) is 16.7 Å². The molecule has 2 aliphatic carbocycles. The number of rotatable bonds is 2. The summed E-state index contributed by atoms with van der Waals surface area (Å²) in [6.07, 6.45) is 4.15. The molecule has 1 aromatic carbocycles. The molecule has 0 amide bonds. The third-order valence-corrected chi connectivity index (χ3v) is 10.9.